The van der Waals surface area contributed by atoms with Crippen LogP contribution in [0.2, 0.25) is 0 Å². The average Bonchev–Trinajstić information content (AvgIpc) is 2.85. The Hall–Kier alpha value is -2.63. The molecule has 0 unspecified atom stereocenters. The lowest BCUT2D eigenvalue weighted by Crippen LogP contribution is -2.26. The van der Waals surface area contributed by atoms with Gasteiger partial charge in [0.15, 0.2) is 5.78 Å². The van der Waals surface area contributed by atoms with Gasteiger partial charge in [-0.1, -0.05) is 32.9 Å². The molecule has 0 saturated carbocycles. The summed E-state index contributed by atoms with van der Waals surface area (Å²) in [5.74, 6) is -0.658. The molecule has 122 valence electrons. The molecule has 6 heteroatoms. The van der Waals surface area contributed by atoms with Crippen LogP contribution in [0.5, 0.6) is 5.75 Å². The summed E-state index contributed by atoms with van der Waals surface area (Å²) in [6.45, 7) is 7.02. The van der Waals surface area contributed by atoms with Crippen molar-refractivity contribution in [3.05, 3.63) is 35.5 Å². The number of Topliss-reactive ketones (excluding diaryl/α,β-unsaturated/α-hetero) is 1. The average molecular weight is 316 g/mol. The number of aromatic amines is 1. The number of carboxylic acids is 1. The second kappa shape index (κ2) is 6.24. The minimum Gasteiger partial charge on any atom is -0.485 e. The maximum absolute atomic E-state index is 12.0. The summed E-state index contributed by atoms with van der Waals surface area (Å²) in [5, 5.41) is 16.1. The lowest BCUT2D eigenvalue weighted by atomic mass is 9.91. The first-order valence-corrected chi connectivity index (χ1v) is 7.25. The van der Waals surface area contributed by atoms with Crippen LogP contribution in [0.15, 0.2) is 24.3 Å². The van der Waals surface area contributed by atoms with Crippen molar-refractivity contribution in [2.24, 2.45) is 5.41 Å². The quantitative estimate of drug-likeness (QED) is 0.884. The van der Waals surface area contributed by atoms with Crippen LogP contribution in [-0.4, -0.2) is 33.7 Å². The van der Waals surface area contributed by atoms with Gasteiger partial charge in [-0.2, -0.15) is 5.10 Å². The van der Waals surface area contributed by atoms with Crippen molar-refractivity contribution in [3.63, 3.8) is 0 Å². The highest BCUT2D eigenvalue weighted by molar-refractivity contribution is 5.97. The third-order valence-corrected chi connectivity index (χ3v) is 3.51. The molecule has 0 saturated heterocycles. The van der Waals surface area contributed by atoms with E-state index < -0.39 is 11.4 Å². The van der Waals surface area contributed by atoms with E-state index in [2.05, 4.69) is 10.2 Å². The van der Waals surface area contributed by atoms with Gasteiger partial charge in [0, 0.05) is 11.0 Å². The maximum Gasteiger partial charge on any atom is 0.339 e. The van der Waals surface area contributed by atoms with Crippen LogP contribution in [0, 0.1) is 12.3 Å². The predicted octanol–water partition coefficient (Wildman–Crippen LogP) is 3.08. The van der Waals surface area contributed by atoms with Crippen molar-refractivity contribution in [2.45, 2.75) is 27.7 Å². The molecule has 0 amide bonds. The molecule has 2 N–H and O–H groups in total. The number of carbonyl (C=O) groups is 2. The Morgan fingerprint density at radius 1 is 1.26 bits per heavy atom. The van der Waals surface area contributed by atoms with E-state index in [0.29, 0.717) is 22.7 Å². The number of nitrogens with zero attached hydrogens (tertiary/aromatic N) is 1. The molecular formula is C17H20N2O4. The smallest absolute Gasteiger partial charge is 0.339 e. The Labute approximate surface area is 134 Å². The molecule has 0 radical (unpaired) electrons. The van der Waals surface area contributed by atoms with Crippen LogP contribution in [0.3, 0.4) is 0 Å². The second-order valence-electron chi connectivity index (χ2n) is 6.32. The van der Waals surface area contributed by atoms with Gasteiger partial charge in [-0.05, 0) is 19.1 Å². The van der Waals surface area contributed by atoms with Gasteiger partial charge in [0.2, 0.25) is 0 Å². The molecule has 1 aromatic carbocycles. The first kappa shape index (κ1) is 16.7. The number of hydrogen-bond donors (Lipinski definition) is 2. The van der Waals surface area contributed by atoms with Gasteiger partial charge in [-0.3, -0.25) is 9.89 Å². The molecular weight excluding hydrogens is 296 g/mol. The van der Waals surface area contributed by atoms with Gasteiger partial charge in [0.25, 0.3) is 0 Å². The molecule has 1 heterocycles. The molecule has 0 fully saturated rings. The number of ketones is 1. The highest BCUT2D eigenvalue weighted by atomic mass is 16.5. The van der Waals surface area contributed by atoms with Crippen molar-refractivity contribution in [3.8, 4) is 17.0 Å². The number of aryl methyl sites for hydroxylation is 1. The van der Waals surface area contributed by atoms with Crippen molar-refractivity contribution in [2.75, 3.05) is 6.61 Å². The summed E-state index contributed by atoms with van der Waals surface area (Å²) in [6.07, 6.45) is 0. The van der Waals surface area contributed by atoms with Crippen LogP contribution in [0.25, 0.3) is 11.3 Å². The molecule has 1 aromatic heterocycles. The van der Waals surface area contributed by atoms with Gasteiger partial charge in [0.05, 0.1) is 11.4 Å². The Balaban J connectivity index is 2.36. The standard InChI is InChI=1S/C17H20N2O4/c1-10-14(16(21)22)15(19-18-10)11-7-5-6-8-12(11)23-9-13(20)17(2,3)4/h5-8H,9H2,1-4H3,(H,18,19)(H,21,22). The number of nitrogens with one attached hydrogen (secondary N) is 1. The molecule has 0 aliphatic rings. The number of para-hydroxylation sites is 1. The molecule has 2 rings (SSSR count). The fourth-order valence-electron chi connectivity index (χ4n) is 2.05. The monoisotopic (exact) mass is 316 g/mol. The number of rotatable bonds is 5. The Bertz CT molecular complexity index is 741. The molecule has 0 atom stereocenters. The number of aromatic carboxylic acids is 1. The highest BCUT2D eigenvalue weighted by Gasteiger charge is 2.24. The maximum atomic E-state index is 12.0. The van der Waals surface area contributed by atoms with E-state index in [1.54, 1.807) is 31.2 Å². The Kier molecular flexibility index (Phi) is 4.54. The molecule has 0 aliphatic heterocycles. The number of carbonyl (C=O) groups excluding carboxylic acids is 1. The van der Waals surface area contributed by atoms with E-state index in [0.717, 1.165) is 0 Å². The minimum atomic E-state index is -1.06. The second-order valence-corrected chi connectivity index (χ2v) is 6.32. The summed E-state index contributed by atoms with van der Waals surface area (Å²) >= 11 is 0. The zero-order valence-corrected chi connectivity index (χ0v) is 13.6. The molecule has 2 aromatic rings. The van der Waals surface area contributed by atoms with Crippen molar-refractivity contribution < 1.29 is 19.4 Å². The van der Waals surface area contributed by atoms with E-state index in [1.807, 2.05) is 20.8 Å². The summed E-state index contributed by atoms with van der Waals surface area (Å²) < 4.78 is 5.63. The predicted molar refractivity (Wildman–Crippen MR) is 85.7 cm³/mol. The largest absolute Gasteiger partial charge is 0.485 e. The van der Waals surface area contributed by atoms with Crippen LogP contribution >= 0.6 is 0 Å². The molecule has 0 aliphatic carbocycles. The SMILES string of the molecule is Cc1n[nH]c(-c2ccccc2OCC(=O)C(C)(C)C)c1C(=O)O. The van der Waals surface area contributed by atoms with Crippen LogP contribution < -0.4 is 4.74 Å². The summed E-state index contributed by atoms with van der Waals surface area (Å²) in [5.41, 5.74) is 0.934. The fraction of sp³-hybridized carbons (Fsp3) is 0.353. The van der Waals surface area contributed by atoms with E-state index in [1.165, 1.54) is 0 Å². The van der Waals surface area contributed by atoms with E-state index in [9.17, 15) is 14.7 Å². The van der Waals surface area contributed by atoms with Gasteiger partial charge in [0.1, 0.15) is 17.9 Å². The zero-order valence-electron chi connectivity index (χ0n) is 13.6. The van der Waals surface area contributed by atoms with Crippen LogP contribution in [0.1, 0.15) is 36.8 Å². The van der Waals surface area contributed by atoms with E-state index in [-0.39, 0.29) is 18.0 Å². The third-order valence-electron chi connectivity index (χ3n) is 3.51. The normalized spacial score (nSPS) is 11.3. The number of benzene rings is 1. The topological polar surface area (TPSA) is 92.3 Å². The molecule has 0 bridgehead atoms. The summed E-state index contributed by atoms with van der Waals surface area (Å²) in [4.78, 5) is 23.5. The molecule has 6 nitrogen and oxygen atoms in total. The lowest BCUT2D eigenvalue weighted by Gasteiger charge is -2.17. The van der Waals surface area contributed by atoms with E-state index >= 15 is 0 Å². The van der Waals surface area contributed by atoms with E-state index in [4.69, 9.17) is 4.74 Å². The highest BCUT2D eigenvalue weighted by Crippen LogP contribution is 2.32. The summed E-state index contributed by atoms with van der Waals surface area (Å²) in [6, 6.07) is 6.98. The Morgan fingerprint density at radius 3 is 2.52 bits per heavy atom. The zero-order chi connectivity index (χ0) is 17.2. The lowest BCUT2D eigenvalue weighted by molar-refractivity contribution is -0.128. The number of ether oxygens (including phenoxy) is 1. The molecule has 0 spiro atoms. The third kappa shape index (κ3) is 3.59. The number of aromatic nitrogens is 2. The van der Waals surface area contributed by atoms with Crippen LogP contribution in [-0.2, 0) is 4.79 Å². The Morgan fingerprint density at radius 2 is 1.91 bits per heavy atom. The summed E-state index contributed by atoms with van der Waals surface area (Å²) in [7, 11) is 0. The number of carboxylic acid groups (broad SMARTS) is 1. The number of hydrogen-bond acceptors (Lipinski definition) is 4. The van der Waals surface area contributed by atoms with Gasteiger partial charge in [-0.25, -0.2) is 4.79 Å². The first-order valence-electron chi connectivity index (χ1n) is 7.25. The van der Waals surface area contributed by atoms with Crippen LogP contribution in [0.4, 0.5) is 0 Å². The van der Waals surface area contributed by atoms with Gasteiger partial charge in [-0.15, -0.1) is 0 Å². The van der Waals surface area contributed by atoms with Gasteiger partial charge >= 0.3 is 5.97 Å². The number of H-pyrrole nitrogens is 1. The fourth-order valence-corrected chi connectivity index (χ4v) is 2.05. The first-order chi connectivity index (χ1) is 10.7. The molecule has 23 heavy (non-hydrogen) atoms. The van der Waals surface area contributed by atoms with Crippen molar-refractivity contribution in [1.82, 2.24) is 10.2 Å². The van der Waals surface area contributed by atoms with Crippen molar-refractivity contribution >= 4 is 11.8 Å². The van der Waals surface area contributed by atoms with Crippen molar-refractivity contribution in [1.29, 1.82) is 0 Å². The van der Waals surface area contributed by atoms with Gasteiger partial charge < -0.3 is 9.84 Å². The minimum absolute atomic E-state index is 0.0356.